The van der Waals surface area contributed by atoms with Gasteiger partial charge >= 0.3 is 0 Å². The van der Waals surface area contributed by atoms with Crippen molar-refractivity contribution in [2.24, 2.45) is 12.0 Å². The molecule has 0 saturated carbocycles. The highest BCUT2D eigenvalue weighted by atomic mass is 28.3. The van der Waals surface area contributed by atoms with Gasteiger partial charge in [0.1, 0.15) is 11.4 Å². The first-order chi connectivity index (χ1) is 11.6. The Labute approximate surface area is 144 Å². The molecule has 4 nitrogen and oxygen atoms in total. The van der Waals surface area contributed by atoms with E-state index in [9.17, 15) is 0 Å². The molecule has 121 valence electrons. The largest absolute Gasteiger partial charge is 0.541 e. The van der Waals surface area contributed by atoms with Crippen LogP contribution in [-0.2, 0) is 7.05 Å². The lowest BCUT2D eigenvalue weighted by Crippen LogP contribution is -2.11. The minimum absolute atomic E-state index is 0.828. The van der Waals surface area contributed by atoms with Gasteiger partial charge < -0.3 is 4.43 Å². The number of aliphatic imine (C=N–C) groups is 1. The summed E-state index contributed by atoms with van der Waals surface area (Å²) in [7, 11) is 1.05. The molecule has 3 rings (SSSR count). The molecule has 0 spiro atoms. The molecule has 0 N–H and O–H groups in total. The van der Waals surface area contributed by atoms with Crippen LogP contribution in [0.15, 0.2) is 72.0 Å². The third-order valence-corrected chi connectivity index (χ3v) is 4.07. The fourth-order valence-corrected chi connectivity index (χ4v) is 3.02. The van der Waals surface area contributed by atoms with E-state index in [1.54, 1.807) is 4.68 Å². The van der Waals surface area contributed by atoms with Crippen LogP contribution in [0.1, 0.15) is 11.1 Å². The van der Waals surface area contributed by atoms with Gasteiger partial charge in [0.25, 0.3) is 9.04 Å². The molecule has 0 fully saturated rings. The summed E-state index contributed by atoms with van der Waals surface area (Å²) in [4.78, 5) is 4.92. The summed E-state index contributed by atoms with van der Waals surface area (Å²) in [6.07, 6.45) is 3.81. The average Bonchev–Trinajstić information content (AvgIpc) is 3.00. The van der Waals surface area contributed by atoms with Crippen LogP contribution < -0.4 is 4.43 Å². The van der Waals surface area contributed by atoms with E-state index in [1.165, 1.54) is 0 Å². The zero-order valence-corrected chi connectivity index (χ0v) is 15.1. The summed E-state index contributed by atoms with van der Waals surface area (Å²) in [6, 6.07) is 18.1. The van der Waals surface area contributed by atoms with E-state index in [0.717, 1.165) is 28.3 Å². The number of para-hydroxylation sites is 2. The number of hydrogen-bond donors (Lipinski definition) is 0. The Morgan fingerprint density at radius 1 is 1.00 bits per heavy atom. The summed E-state index contributed by atoms with van der Waals surface area (Å²) in [5, 5.41) is 4.29. The minimum atomic E-state index is -0.854. The van der Waals surface area contributed by atoms with Crippen molar-refractivity contribution in [3.8, 4) is 5.75 Å². The molecule has 0 saturated heterocycles. The summed E-state index contributed by atoms with van der Waals surface area (Å²) in [6.45, 7) is 4.23. The molecule has 24 heavy (non-hydrogen) atoms. The molecule has 1 radical (unpaired) electrons. The normalized spacial score (nSPS) is 11.8. The van der Waals surface area contributed by atoms with Crippen molar-refractivity contribution in [1.82, 2.24) is 9.78 Å². The summed E-state index contributed by atoms with van der Waals surface area (Å²) in [5.74, 6) is 0.828. The molecule has 3 aromatic rings. The molecule has 1 heterocycles. The average molecular weight is 334 g/mol. The van der Waals surface area contributed by atoms with Crippen molar-refractivity contribution < 1.29 is 4.43 Å². The molecule has 0 aliphatic carbocycles. The van der Waals surface area contributed by atoms with Crippen LogP contribution in [0.3, 0.4) is 0 Å². The second-order valence-electron chi connectivity index (χ2n) is 5.71. The van der Waals surface area contributed by atoms with Gasteiger partial charge in [-0.05, 0) is 25.2 Å². The SMILES string of the molecule is Cn1cc(C(=Nc2ccccc2O[Si](C)C)c2ccccc2)cn1. The number of aryl methyl sites for hydroxylation is 1. The maximum Gasteiger partial charge on any atom is 0.274 e. The quantitative estimate of drug-likeness (QED) is 0.518. The lowest BCUT2D eigenvalue weighted by Gasteiger charge is -2.12. The van der Waals surface area contributed by atoms with Gasteiger partial charge in [-0.2, -0.15) is 5.10 Å². The fraction of sp³-hybridized carbons (Fsp3) is 0.158. The molecule has 1 aromatic heterocycles. The van der Waals surface area contributed by atoms with Gasteiger partial charge in [-0.15, -0.1) is 0 Å². The highest BCUT2D eigenvalue weighted by molar-refractivity contribution is 6.49. The van der Waals surface area contributed by atoms with Gasteiger partial charge in [0, 0.05) is 24.4 Å². The Morgan fingerprint density at radius 2 is 1.71 bits per heavy atom. The van der Waals surface area contributed by atoms with Crippen molar-refractivity contribution in [2.45, 2.75) is 13.1 Å². The highest BCUT2D eigenvalue weighted by Crippen LogP contribution is 2.29. The number of aromatic nitrogens is 2. The molecule has 0 aliphatic rings. The van der Waals surface area contributed by atoms with E-state index >= 15 is 0 Å². The molecule has 0 aliphatic heterocycles. The summed E-state index contributed by atoms with van der Waals surface area (Å²) < 4.78 is 7.78. The predicted octanol–water partition coefficient (Wildman–Crippen LogP) is 4.22. The Bertz CT molecular complexity index is 841. The highest BCUT2D eigenvalue weighted by Gasteiger charge is 2.12. The third-order valence-electron chi connectivity index (χ3n) is 3.44. The number of rotatable bonds is 5. The van der Waals surface area contributed by atoms with Crippen molar-refractivity contribution in [2.75, 3.05) is 0 Å². The van der Waals surface area contributed by atoms with Crippen molar-refractivity contribution in [1.29, 1.82) is 0 Å². The molecule has 2 aromatic carbocycles. The van der Waals surface area contributed by atoms with E-state index in [-0.39, 0.29) is 0 Å². The Morgan fingerprint density at radius 3 is 2.38 bits per heavy atom. The van der Waals surface area contributed by atoms with Gasteiger partial charge in [0.2, 0.25) is 0 Å². The van der Waals surface area contributed by atoms with Gasteiger partial charge in [-0.1, -0.05) is 42.5 Å². The first kappa shape index (κ1) is 16.2. The predicted molar refractivity (Wildman–Crippen MR) is 99.5 cm³/mol. The van der Waals surface area contributed by atoms with Crippen LogP contribution in [0.5, 0.6) is 5.75 Å². The van der Waals surface area contributed by atoms with Crippen LogP contribution >= 0.6 is 0 Å². The molecule has 0 unspecified atom stereocenters. The maximum atomic E-state index is 6.00. The van der Waals surface area contributed by atoms with Crippen molar-refractivity contribution in [3.63, 3.8) is 0 Å². The minimum Gasteiger partial charge on any atom is -0.541 e. The second kappa shape index (κ2) is 7.27. The van der Waals surface area contributed by atoms with Crippen LogP contribution in [-0.4, -0.2) is 24.5 Å². The smallest absolute Gasteiger partial charge is 0.274 e. The topological polar surface area (TPSA) is 39.4 Å². The zero-order chi connectivity index (χ0) is 16.9. The van der Waals surface area contributed by atoms with Crippen LogP contribution in [0.4, 0.5) is 5.69 Å². The second-order valence-corrected chi connectivity index (χ2v) is 7.73. The number of hydrogen-bond acceptors (Lipinski definition) is 3. The summed E-state index contributed by atoms with van der Waals surface area (Å²) in [5.41, 5.74) is 3.77. The Hall–Kier alpha value is -2.66. The van der Waals surface area contributed by atoms with Gasteiger partial charge in [0.15, 0.2) is 0 Å². The molecule has 5 heteroatoms. The van der Waals surface area contributed by atoms with E-state index in [0.29, 0.717) is 0 Å². The number of benzene rings is 2. The van der Waals surface area contributed by atoms with Crippen LogP contribution in [0, 0.1) is 0 Å². The molecular weight excluding hydrogens is 314 g/mol. The monoisotopic (exact) mass is 334 g/mol. The summed E-state index contributed by atoms with van der Waals surface area (Å²) >= 11 is 0. The Kier molecular flexibility index (Phi) is 4.91. The van der Waals surface area contributed by atoms with Crippen LogP contribution in [0.25, 0.3) is 0 Å². The van der Waals surface area contributed by atoms with E-state index < -0.39 is 9.04 Å². The first-order valence-corrected chi connectivity index (χ1v) is 10.2. The van der Waals surface area contributed by atoms with Crippen LogP contribution in [0.2, 0.25) is 13.1 Å². The number of nitrogens with zero attached hydrogens (tertiary/aromatic N) is 3. The van der Waals surface area contributed by atoms with Gasteiger partial charge in [-0.25, -0.2) is 4.99 Å². The van der Waals surface area contributed by atoms with Gasteiger partial charge in [-0.3, -0.25) is 4.68 Å². The Balaban J connectivity index is 2.11. The van der Waals surface area contributed by atoms with Crippen molar-refractivity contribution in [3.05, 3.63) is 78.1 Å². The van der Waals surface area contributed by atoms with E-state index in [4.69, 9.17) is 9.42 Å². The lowest BCUT2D eigenvalue weighted by atomic mass is 10.1. The van der Waals surface area contributed by atoms with Gasteiger partial charge in [0.05, 0.1) is 11.9 Å². The zero-order valence-electron chi connectivity index (χ0n) is 14.1. The fourth-order valence-electron chi connectivity index (χ4n) is 2.41. The van der Waals surface area contributed by atoms with E-state index in [1.807, 2.05) is 61.9 Å². The molecule has 0 bridgehead atoms. The maximum absolute atomic E-state index is 6.00. The molecule has 0 amide bonds. The molecule has 0 atom stereocenters. The standard InChI is InChI=1S/C19H20N3OSi/c1-22-14-16(13-20-22)19(15-9-5-4-6-10-15)21-17-11-7-8-12-18(17)23-24(2)3/h4-14H,1-3H3. The van der Waals surface area contributed by atoms with E-state index in [2.05, 4.69) is 30.3 Å². The molecular formula is C19H20N3OSi. The third kappa shape index (κ3) is 3.81. The van der Waals surface area contributed by atoms with Crippen molar-refractivity contribution >= 4 is 20.4 Å². The first-order valence-electron chi connectivity index (χ1n) is 7.83. The lowest BCUT2D eigenvalue weighted by molar-refractivity contribution is 0.582.